The summed E-state index contributed by atoms with van der Waals surface area (Å²) >= 11 is 18.5. The lowest BCUT2D eigenvalue weighted by atomic mass is 10.3. The summed E-state index contributed by atoms with van der Waals surface area (Å²) in [5.74, 6) is -1.91. The van der Waals surface area contributed by atoms with Crippen LogP contribution < -0.4 is 10.5 Å². The Morgan fingerprint density at radius 3 is 2.45 bits per heavy atom. The number of carbonyl (C=O) groups is 2. The van der Waals surface area contributed by atoms with E-state index in [4.69, 9.17) is 45.1 Å². The molecule has 0 saturated carbocycles. The van der Waals surface area contributed by atoms with Crippen molar-refractivity contribution in [2.75, 3.05) is 5.75 Å². The van der Waals surface area contributed by atoms with E-state index in [1.165, 1.54) is 6.92 Å². The van der Waals surface area contributed by atoms with Gasteiger partial charge >= 0.3 is 5.97 Å². The van der Waals surface area contributed by atoms with E-state index in [0.29, 0.717) is 0 Å². The molecule has 0 aromatic heterocycles. The molecule has 1 rings (SSSR count). The first kappa shape index (κ1) is 19.3. The van der Waals surface area contributed by atoms with Gasteiger partial charge in [-0.2, -0.15) is 5.23 Å². The summed E-state index contributed by atoms with van der Waals surface area (Å²) < 4.78 is 0. The molecule has 0 aliphatic heterocycles. The van der Waals surface area contributed by atoms with Gasteiger partial charge in [0.25, 0.3) is 0 Å². The minimum Gasteiger partial charge on any atom is -0.595 e. The van der Waals surface area contributed by atoms with Crippen molar-refractivity contribution in [3.05, 3.63) is 26.3 Å². The molecule has 0 aliphatic carbocycles. The summed E-state index contributed by atoms with van der Waals surface area (Å²) in [7, 11) is 0. The van der Waals surface area contributed by atoms with Crippen LogP contribution >= 0.6 is 46.6 Å². The molecule has 11 heteroatoms. The fourth-order valence-corrected chi connectivity index (χ4v) is 3.38. The number of quaternary nitrogens is 1. The maximum Gasteiger partial charge on any atom is 0.327 e. The number of benzene rings is 1. The molecule has 1 aromatic rings. The first-order valence-corrected chi connectivity index (χ1v) is 7.80. The van der Waals surface area contributed by atoms with Crippen molar-refractivity contribution in [3.8, 4) is 0 Å². The minimum atomic E-state index is -1.28. The van der Waals surface area contributed by atoms with Gasteiger partial charge in [-0.25, -0.2) is 10.0 Å². The molecule has 0 heterocycles. The maximum atomic E-state index is 11.2. The topological polar surface area (TPSA) is 114 Å². The molecule has 22 heavy (non-hydrogen) atoms. The second kappa shape index (κ2) is 8.21. The Kier molecular flexibility index (Phi) is 7.20. The molecule has 0 saturated heterocycles. The van der Waals surface area contributed by atoms with Crippen molar-refractivity contribution in [2.45, 2.75) is 17.9 Å². The maximum absolute atomic E-state index is 11.2. The molecule has 4 N–H and O–H groups in total. The van der Waals surface area contributed by atoms with Gasteiger partial charge < -0.3 is 15.6 Å². The van der Waals surface area contributed by atoms with Gasteiger partial charge in [0, 0.05) is 18.7 Å². The van der Waals surface area contributed by atoms with Crippen LogP contribution in [0.4, 0.5) is 5.69 Å². The van der Waals surface area contributed by atoms with E-state index in [0.717, 1.165) is 17.8 Å². The zero-order chi connectivity index (χ0) is 17.0. The second-order valence-electron chi connectivity index (χ2n) is 4.07. The normalized spacial score (nSPS) is 13.5. The third kappa shape index (κ3) is 4.88. The number of nitrogens with one attached hydrogen (secondary N) is 2. The third-order valence-corrected chi connectivity index (χ3v) is 5.00. The largest absolute Gasteiger partial charge is 0.595 e. The summed E-state index contributed by atoms with van der Waals surface area (Å²) in [6, 6.07) is -0.0658. The minimum absolute atomic E-state index is 0.0231. The molecule has 0 bridgehead atoms. The van der Waals surface area contributed by atoms with E-state index in [-0.39, 0.29) is 31.4 Å². The number of hydrogen-bond donors (Lipinski definition) is 4. The summed E-state index contributed by atoms with van der Waals surface area (Å²) in [6.07, 6.45) is 0. The number of aliphatic carboxylic acids is 1. The lowest BCUT2D eigenvalue weighted by molar-refractivity contribution is -0.992. The van der Waals surface area contributed by atoms with Gasteiger partial charge in [0.1, 0.15) is 6.04 Å². The molecular weight excluding hydrogens is 379 g/mol. The zero-order valence-electron chi connectivity index (χ0n) is 11.0. The molecule has 0 radical (unpaired) electrons. The van der Waals surface area contributed by atoms with Crippen molar-refractivity contribution in [3.63, 3.8) is 0 Å². The molecule has 1 aromatic carbocycles. The molecule has 122 valence electrons. The Labute approximate surface area is 144 Å². The van der Waals surface area contributed by atoms with Gasteiger partial charge in [-0.1, -0.05) is 34.8 Å². The number of carboxylic acid groups (broad SMARTS) is 1. The van der Waals surface area contributed by atoms with Crippen LogP contribution in [0.5, 0.6) is 0 Å². The number of hydrogen-bond acceptors (Lipinski definition) is 5. The van der Waals surface area contributed by atoms with E-state index in [1.54, 1.807) is 0 Å². The van der Waals surface area contributed by atoms with E-state index >= 15 is 0 Å². The number of halogens is 3. The van der Waals surface area contributed by atoms with Crippen molar-refractivity contribution < 1.29 is 25.1 Å². The van der Waals surface area contributed by atoms with E-state index in [9.17, 15) is 14.8 Å². The Balaban J connectivity index is 3.08. The van der Waals surface area contributed by atoms with Crippen LogP contribution in [0.3, 0.4) is 0 Å². The van der Waals surface area contributed by atoms with Crippen molar-refractivity contribution in [1.82, 2.24) is 5.32 Å². The molecular formula is C11H11Cl3N2O5S. The number of thioether (sulfide) groups is 1. The molecule has 1 amide bonds. The van der Waals surface area contributed by atoms with Crippen molar-refractivity contribution >= 4 is 64.1 Å². The third-order valence-electron chi connectivity index (χ3n) is 2.42. The smallest absolute Gasteiger partial charge is 0.327 e. The summed E-state index contributed by atoms with van der Waals surface area (Å²) in [5.41, 5.74) is -0.198. The molecule has 2 atom stereocenters. The standard InChI is InChI=1S/C11H11Cl3N2O5S/c1-4(17)15-6(11(18)19)3-22-10-7(16(20)21)2-5(12)8(13)9(10)14/h2,6,16,20H,3H2,1H3,(H,15,17)(H,18,19). The summed E-state index contributed by atoms with van der Waals surface area (Å²) in [5, 5.41) is 30.2. The van der Waals surface area contributed by atoms with Gasteiger partial charge in [0.2, 0.25) is 5.91 Å². The lowest BCUT2D eigenvalue weighted by Gasteiger charge is -2.19. The zero-order valence-corrected chi connectivity index (χ0v) is 14.1. The average Bonchev–Trinajstić information content (AvgIpc) is 2.41. The van der Waals surface area contributed by atoms with Crippen LogP contribution in [0.1, 0.15) is 6.92 Å². The number of rotatable bonds is 6. The summed E-state index contributed by atoms with van der Waals surface area (Å²) in [6.45, 7) is 1.18. The van der Waals surface area contributed by atoms with Crippen molar-refractivity contribution in [1.29, 1.82) is 0 Å². The molecule has 0 aliphatic rings. The average molecular weight is 390 g/mol. The van der Waals surface area contributed by atoms with Gasteiger partial charge in [0.15, 0.2) is 5.69 Å². The fourth-order valence-electron chi connectivity index (χ4n) is 1.47. The SMILES string of the molecule is CC(=O)NC(CSc1c([NH+]([O-])O)cc(Cl)c(Cl)c1Cl)C(=O)O. The Morgan fingerprint density at radius 1 is 1.41 bits per heavy atom. The monoisotopic (exact) mass is 388 g/mol. The van der Waals surface area contributed by atoms with E-state index in [2.05, 4.69) is 5.32 Å². The second-order valence-corrected chi connectivity index (χ2v) is 6.26. The highest BCUT2D eigenvalue weighted by molar-refractivity contribution is 7.99. The Hall–Kier alpha value is -0.740. The summed E-state index contributed by atoms with van der Waals surface area (Å²) in [4.78, 5) is 22.1. The van der Waals surface area contributed by atoms with E-state index < -0.39 is 23.1 Å². The number of carboxylic acids is 1. The molecule has 2 unspecified atom stereocenters. The van der Waals surface area contributed by atoms with Gasteiger partial charge in [0.05, 0.1) is 20.0 Å². The lowest BCUT2D eigenvalue weighted by Crippen LogP contribution is -2.99. The highest BCUT2D eigenvalue weighted by Gasteiger charge is 2.24. The van der Waals surface area contributed by atoms with Crippen LogP contribution in [-0.4, -0.2) is 34.0 Å². The van der Waals surface area contributed by atoms with Gasteiger partial charge in [-0.3, -0.25) is 4.79 Å². The van der Waals surface area contributed by atoms with Crippen LogP contribution in [-0.2, 0) is 9.59 Å². The first-order valence-electron chi connectivity index (χ1n) is 5.68. The van der Waals surface area contributed by atoms with E-state index in [1.807, 2.05) is 0 Å². The Morgan fingerprint density at radius 2 is 2.00 bits per heavy atom. The predicted octanol–water partition coefficient (Wildman–Crippen LogP) is 1.73. The number of carbonyl (C=O) groups excluding carboxylic acids is 1. The molecule has 0 fully saturated rings. The van der Waals surface area contributed by atoms with Crippen LogP contribution in [0.2, 0.25) is 15.1 Å². The fraction of sp³-hybridized carbons (Fsp3) is 0.273. The van der Waals surface area contributed by atoms with Crippen LogP contribution in [0, 0.1) is 5.21 Å². The predicted molar refractivity (Wildman–Crippen MR) is 83.2 cm³/mol. The van der Waals surface area contributed by atoms with Crippen molar-refractivity contribution in [2.24, 2.45) is 0 Å². The molecule has 0 spiro atoms. The first-order chi connectivity index (χ1) is 10.1. The Bertz CT molecular complexity index is 600. The van der Waals surface area contributed by atoms with Gasteiger partial charge in [-0.15, -0.1) is 11.8 Å². The highest BCUT2D eigenvalue weighted by atomic mass is 35.5. The highest BCUT2D eigenvalue weighted by Crippen LogP contribution is 2.41. The quantitative estimate of drug-likeness (QED) is 0.335. The van der Waals surface area contributed by atoms with Crippen LogP contribution in [0.25, 0.3) is 0 Å². The number of amides is 1. The molecule has 7 nitrogen and oxygen atoms in total. The van der Waals surface area contributed by atoms with Gasteiger partial charge in [-0.05, 0) is 0 Å². The van der Waals surface area contributed by atoms with Crippen LogP contribution in [0.15, 0.2) is 11.0 Å².